The van der Waals surface area contributed by atoms with Crippen LogP contribution in [-0.2, 0) is 9.53 Å². The number of hydrogen-bond donors (Lipinski definition) is 0. The zero-order chi connectivity index (χ0) is 30.8. The number of ether oxygens (including phenoxy) is 2. The van der Waals surface area contributed by atoms with Crippen molar-refractivity contribution in [2.45, 2.75) is 43.0 Å². The van der Waals surface area contributed by atoms with E-state index in [4.69, 9.17) is 9.47 Å². The fourth-order valence-electron chi connectivity index (χ4n) is 4.51. The molecule has 0 amide bonds. The number of allylic oxidation sites excluding steroid dienone is 1. The molecule has 14 heteroatoms. The van der Waals surface area contributed by atoms with Crippen molar-refractivity contribution in [1.82, 2.24) is 14.5 Å². The zero-order valence-corrected chi connectivity index (χ0v) is 26.5. The van der Waals surface area contributed by atoms with Crippen LogP contribution >= 0.6 is 39.0 Å². The van der Waals surface area contributed by atoms with Gasteiger partial charge in [-0.15, -0.1) is 0 Å². The van der Waals surface area contributed by atoms with E-state index >= 15 is 0 Å². The molecule has 3 heterocycles. The highest BCUT2D eigenvalue weighted by Crippen LogP contribution is 2.38. The summed E-state index contributed by atoms with van der Waals surface area (Å²) in [6.07, 6.45) is 4.29. The van der Waals surface area contributed by atoms with E-state index in [0.717, 1.165) is 27.6 Å². The Morgan fingerprint density at radius 1 is 1.21 bits per heavy atom. The minimum Gasteiger partial charge on any atom is -0.496 e. The van der Waals surface area contributed by atoms with E-state index in [0.29, 0.717) is 37.4 Å². The van der Waals surface area contributed by atoms with Crippen LogP contribution in [0.5, 0.6) is 5.75 Å². The number of nitrogens with zero attached hydrogens (tertiary/aromatic N) is 5. The van der Waals surface area contributed by atoms with Crippen molar-refractivity contribution < 1.29 is 19.2 Å². The smallest absolute Gasteiger partial charge is 0.338 e. The van der Waals surface area contributed by atoms with Crippen molar-refractivity contribution in [1.29, 1.82) is 0 Å². The Kier molecular flexibility index (Phi) is 8.89. The number of benzene rings is 2. The molecule has 0 N–H and O–H groups in total. The van der Waals surface area contributed by atoms with Crippen LogP contribution in [0.25, 0.3) is 6.08 Å². The van der Waals surface area contributed by atoms with Crippen LogP contribution in [-0.4, -0.2) is 38.6 Å². The van der Waals surface area contributed by atoms with Crippen molar-refractivity contribution in [3.05, 3.63) is 112 Å². The average Bonchev–Trinajstić information content (AvgIpc) is 3.26. The molecule has 0 radical (unpaired) electrons. The van der Waals surface area contributed by atoms with E-state index in [1.54, 1.807) is 75.6 Å². The van der Waals surface area contributed by atoms with E-state index in [9.17, 15) is 19.7 Å². The van der Waals surface area contributed by atoms with Gasteiger partial charge in [0.05, 0.1) is 38.8 Å². The second kappa shape index (κ2) is 12.6. The number of thiazole rings is 1. The molecule has 0 bridgehead atoms. The molecule has 220 valence electrons. The first-order valence-corrected chi connectivity index (χ1v) is 15.3. The first kappa shape index (κ1) is 30.3. The maximum absolute atomic E-state index is 14.0. The monoisotopic (exact) mass is 681 g/mol. The SMILES string of the molecule is COc1ccc(Br)cc1[C@H]1C(C(=O)OC(C)C)=C(C)N=c2s/c(=C\c3ccc(Sc4ncccn4)c([N+](=O)[O-])c3)c(=O)n21. The summed E-state index contributed by atoms with van der Waals surface area (Å²) in [5.41, 5.74) is 1.06. The van der Waals surface area contributed by atoms with E-state index in [1.165, 1.54) is 17.7 Å². The summed E-state index contributed by atoms with van der Waals surface area (Å²) in [6, 6.07) is 10.8. The van der Waals surface area contributed by atoms with Gasteiger partial charge in [0.2, 0.25) is 0 Å². The highest BCUT2D eigenvalue weighted by Gasteiger charge is 2.35. The van der Waals surface area contributed by atoms with Crippen LogP contribution in [0.15, 0.2) is 90.4 Å². The van der Waals surface area contributed by atoms with E-state index < -0.39 is 28.6 Å². The van der Waals surface area contributed by atoms with Gasteiger partial charge in [0.25, 0.3) is 11.2 Å². The number of nitro benzene ring substituents is 1. The number of carbonyl (C=O) groups excluding carboxylic acids is 1. The van der Waals surface area contributed by atoms with Gasteiger partial charge in [-0.05, 0) is 74.5 Å². The number of fused-ring (bicyclic) bond motifs is 1. The van der Waals surface area contributed by atoms with Crippen molar-refractivity contribution in [3.63, 3.8) is 0 Å². The van der Waals surface area contributed by atoms with Gasteiger partial charge in [-0.3, -0.25) is 19.5 Å². The summed E-state index contributed by atoms with van der Waals surface area (Å²) in [4.78, 5) is 52.4. The lowest BCUT2D eigenvalue weighted by Crippen LogP contribution is -2.40. The molecule has 4 aromatic rings. The molecule has 0 aliphatic carbocycles. The molecule has 43 heavy (non-hydrogen) atoms. The lowest BCUT2D eigenvalue weighted by molar-refractivity contribution is -0.387. The largest absolute Gasteiger partial charge is 0.496 e. The molecule has 0 spiro atoms. The van der Waals surface area contributed by atoms with E-state index in [-0.39, 0.29) is 15.8 Å². The topological polar surface area (TPSA) is 139 Å². The highest BCUT2D eigenvalue weighted by atomic mass is 79.9. The fourth-order valence-corrected chi connectivity index (χ4v) is 6.74. The van der Waals surface area contributed by atoms with E-state index in [1.807, 2.05) is 0 Å². The van der Waals surface area contributed by atoms with Gasteiger partial charge in [-0.1, -0.05) is 33.3 Å². The van der Waals surface area contributed by atoms with Gasteiger partial charge in [-0.25, -0.2) is 19.8 Å². The molecule has 1 aliphatic rings. The molecule has 0 saturated heterocycles. The van der Waals surface area contributed by atoms with Crippen LogP contribution < -0.4 is 19.6 Å². The number of methoxy groups -OCH3 is 1. The molecule has 1 aliphatic heterocycles. The molecule has 0 fully saturated rings. The van der Waals surface area contributed by atoms with Crippen LogP contribution in [0, 0.1) is 10.1 Å². The molecular weight excluding hydrogens is 658 g/mol. The Bertz CT molecular complexity index is 1960. The van der Waals surface area contributed by atoms with Crippen molar-refractivity contribution in [2.24, 2.45) is 4.99 Å². The molecule has 0 saturated carbocycles. The Balaban J connectivity index is 1.67. The van der Waals surface area contributed by atoms with Gasteiger partial charge in [0.15, 0.2) is 9.96 Å². The second-order valence-corrected chi connectivity index (χ2v) is 12.5. The molecule has 1 atom stereocenters. The van der Waals surface area contributed by atoms with Crippen molar-refractivity contribution in [2.75, 3.05) is 7.11 Å². The van der Waals surface area contributed by atoms with Gasteiger partial charge >= 0.3 is 5.97 Å². The Labute approximate surface area is 261 Å². The van der Waals surface area contributed by atoms with Gasteiger partial charge in [0, 0.05) is 28.5 Å². The zero-order valence-electron chi connectivity index (χ0n) is 23.3. The quantitative estimate of drug-likeness (QED) is 0.111. The summed E-state index contributed by atoms with van der Waals surface area (Å²) in [6.45, 7) is 5.18. The van der Waals surface area contributed by atoms with Gasteiger partial charge < -0.3 is 9.47 Å². The molecule has 11 nitrogen and oxygen atoms in total. The number of hydrogen-bond acceptors (Lipinski definition) is 11. The standard InChI is InChI=1S/C29H24BrN5O6S2/c1-15(2)41-27(37)24-16(3)33-29-34(25(24)19-14-18(30)7-8-21(19)40-4)26(36)23(43-29)13-17-6-9-22(20(12-17)35(38)39)42-28-31-10-5-11-32-28/h5-15,25H,1-4H3/b23-13-/t25-/m0/s1. The third-order valence-corrected chi connectivity index (χ3v) is 8.73. The Hall–Kier alpha value is -4.14. The number of carbonyl (C=O) groups is 1. The molecule has 2 aromatic carbocycles. The third kappa shape index (κ3) is 6.31. The number of esters is 1. The summed E-state index contributed by atoms with van der Waals surface area (Å²) >= 11 is 5.68. The van der Waals surface area contributed by atoms with Crippen LogP contribution in [0.3, 0.4) is 0 Å². The number of nitro groups is 1. The average molecular weight is 683 g/mol. The van der Waals surface area contributed by atoms with Crippen LogP contribution in [0.4, 0.5) is 5.69 Å². The summed E-state index contributed by atoms with van der Waals surface area (Å²) < 4.78 is 13.6. The number of rotatable bonds is 8. The number of aromatic nitrogens is 3. The third-order valence-electron chi connectivity index (χ3n) is 6.29. The summed E-state index contributed by atoms with van der Waals surface area (Å²) in [5.74, 6) is -0.123. The van der Waals surface area contributed by atoms with Crippen molar-refractivity contribution in [3.8, 4) is 5.75 Å². The lowest BCUT2D eigenvalue weighted by atomic mass is 9.95. The fraction of sp³-hybridized carbons (Fsp3) is 0.207. The number of halogens is 1. The second-order valence-electron chi connectivity index (χ2n) is 9.54. The highest BCUT2D eigenvalue weighted by molar-refractivity contribution is 9.10. The van der Waals surface area contributed by atoms with E-state index in [2.05, 4.69) is 30.9 Å². The minimum absolute atomic E-state index is 0.148. The van der Waals surface area contributed by atoms with Gasteiger partial charge in [-0.2, -0.15) is 0 Å². The minimum atomic E-state index is -0.893. The first-order chi connectivity index (χ1) is 20.6. The first-order valence-electron chi connectivity index (χ1n) is 12.9. The molecule has 2 aromatic heterocycles. The van der Waals surface area contributed by atoms with Crippen molar-refractivity contribution >= 4 is 56.8 Å². The van der Waals surface area contributed by atoms with Crippen LogP contribution in [0.1, 0.15) is 37.9 Å². The van der Waals surface area contributed by atoms with Gasteiger partial charge in [0.1, 0.15) is 11.8 Å². The maximum atomic E-state index is 14.0. The lowest BCUT2D eigenvalue weighted by Gasteiger charge is -2.26. The molecular formula is C29H24BrN5O6S2. The van der Waals surface area contributed by atoms with Crippen LogP contribution in [0.2, 0.25) is 0 Å². The predicted molar refractivity (Wildman–Crippen MR) is 165 cm³/mol. The molecule has 0 unspecified atom stereocenters. The normalized spacial score (nSPS) is 14.8. The summed E-state index contributed by atoms with van der Waals surface area (Å²) in [7, 11) is 1.51. The molecule has 5 rings (SSSR count). The maximum Gasteiger partial charge on any atom is 0.338 e. The summed E-state index contributed by atoms with van der Waals surface area (Å²) in [5, 5.41) is 12.3. The Morgan fingerprint density at radius 3 is 2.63 bits per heavy atom. The Morgan fingerprint density at radius 2 is 1.95 bits per heavy atom. The predicted octanol–water partition coefficient (Wildman–Crippen LogP) is 4.81.